The Morgan fingerprint density at radius 1 is 1.45 bits per heavy atom. The molecule has 112 valence electrons. The molecule has 0 atom stereocenters. The number of nitrogens with zero attached hydrogens (tertiary/aromatic N) is 1. The van der Waals surface area contributed by atoms with E-state index in [0.717, 1.165) is 18.7 Å². The average molecular weight is 280 g/mol. The van der Waals surface area contributed by atoms with Crippen LogP contribution in [0.15, 0.2) is 18.2 Å². The molecule has 5 nitrogen and oxygen atoms in total. The summed E-state index contributed by atoms with van der Waals surface area (Å²) in [5, 5.41) is 12.4. The van der Waals surface area contributed by atoms with Crippen LogP contribution in [0.1, 0.15) is 18.9 Å². The minimum Gasteiger partial charge on any atom is -0.504 e. The van der Waals surface area contributed by atoms with Gasteiger partial charge in [0.25, 0.3) is 0 Å². The van der Waals surface area contributed by atoms with E-state index in [1.807, 2.05) is 13.1 Å². The lowest BCUT2D eigenvalue weighted by Gasteiger charge is -2.13. The molecule has 5 heteroatoms. The first kappa shape index (κ1) is 16.3. The van der Waals surface area contributed by atoms with Crippen molar-refractivity contribution in [1.29, 1.82) is 0 Å². The summed E-state index contributed by atoms with van der Waals surface area (Å²) in [5.41, 5.74) is 1.02. The zero-order chi connectivity index (χ0) is 15.0. The molecule has 0 fully saturated rings. The Bertz CT molecular complexity index is 435. The van der Waals surface area contributed by atoms with Gasteiger partial charge in [0.1, 0.15) is 0 Å². The summed E-state index contributed by atoms with van der Waals surface area (Å²) < 4.78 is 5.05. The molecule has 0 unspecified atom stereocenters. The monoisotopic (exact) mass is 280 g/mol. The third-order valence-corrected chi connectivity index (χ3v) is 3.24. The van der Waals surface area contributed by atoms with E-state index < -0.39 is 0 Å². The molecular formula is C15H24N2O3. The van der Waals surface area contributed by atoms with Gasteiger partial charge in [0.2, 0.25) is 5.91 Å². The predicted octanol–water partition coefficient (Wildman–Crippen LogP) is 1.40. The number of aromatic hydroxyl groups is 1. The molecule has 0 aliphatic carbocycles. The first-order chi connectivity index (χ1) is 9.56. The maximum absolute atomic E-state index is 11.6. The van der Waals surface area contributed by atoms with Gasteiger partial charge >= 0.3 is 0 Å². The minimum atomic E-state index is 0.0658. The number of carbonyl (C=O) groups is 1. The first-order valence-electron chi connectivity index (χ1n) is 6.88. The van der Waals surface area contributed by atoms with Crippen LogP contribution in [0.3, 0.4) is 0 Å². The Labute approximate surface area is 120 Å². The molecular weight excluding hydrogens is 256 g/mol. The Morgan fingerprint density at radius 3 is 2.85 bits per heavy atom. The fraction of sp³-hybridized carbons (Fsp3) is 0.533. The van der Waals surface area contributed by atoms with Crippen molar-refractivity contribution in [2.75, 3.05) is 33.8 Å². The zero-order valence-electron chi connectivity index (χ0n) is 12.5. The second kappa shape index (κ2) is 8.43. The maximum Gasteiger partial charge on any atom is 0.221 e. The topological polar surface area (TPSA) is 61.8 Å². The van der Waals surface area contributed by atoms with Crippen molar-refractivity contribution in [3.05, 3.63) is 23.8 Å². The number of methoxy groups -OCH3 is 1. The Morgan fingerprint density at radius 2 is 2.20 bits per heavy atom. The van der Waals surface area contributed by atoms with Gasteiger partial charge in [-0.2, -0.15) is 0 Å². The SMILES string of the molecule is CCN(C)CCC(=O)NCCc1ccc(O)c(OC)c1. The summed E-state index contributed by atoms with van der Waals surface area (Å²) in [6, 6.07) is 5.22. The van der Waals surface area contributed by atoms with E-state index in [-0.39, 0.29) is 11.7 Å². The summed E-state index contributed by atoms with van der Waals surface area (Å²) in [6.07, 6.45) is 1.23. The van der Waals surface area contributed by atoms with E-state index in [1.54, 1.807) is 12.1 Å². The standard InChI is InChI=1S/C15H24N2O3/c1-4-17(2)10-8-15(19)16-9-7-12-5-6-13(18)14(11-12)20-3/h5-6,11,18H,4,7-10H2,1-3H3,(H,16,19). The number of phenolic OH excluding ortho intramolecular Hbond substituents is 1. The zero-order valence-corrected chi connectivity index (χ0v) is 12.5. The minimum absolute atomic E-state index is 0.0658. The van der Waals surface area contributed by atoms with Gasteiger partial charge in [-0.05, 0) is 37.7 Å². The normalized spacial score (nSPS) is 10.6. The smallest absolute Gasteiger partial charge is 0.221 e. The highest BCUT2D eigenvalue weighted by atomic mass is 16.5. The van der Waals surface area contributed by atoms with E-state index in [0.29, 0.717) is 25.1 Å². The third-order valence-electron chi connectivity index (χ3n) is 3.24. The van der Waals surface area contributed by atoms with Crippen LogP contribution < -0.4 is 10.1 Å². The van der Waals surface area contributed by atoms with Crippen molar-refractivity contribution >= 4 is 5.91 Å². The lowest BCUT2D eigenvalue weighted by atomic mass is 10.1. The number of hydrogen-bond acceptors (Lipinski definition) is 4. The van der Waals surface area contributed by atoms with Crippen molar-refractivity contribution in [2.24, 2.45) is 0 Å². The van der Waals surface area contributed by atoms with E-state index in [1.165, 1.54) is 7.11 Å². The van der Waals surface area contributed by atoms with Crippen LogP contribution in [0, 0.1) is 0 Å². The molecule has 0 radical (unpaired) electrons. The average Bonchev–Trinajstić information content (AvgIpc) is 2.46. The molecule has 0 aromatic heterocycles. The summed E-state index contributed by atoms with van der Waals surface area (Å²) >= 11 is 0. The predicted molar refractivity (Wildman–Crippen MR) is 79.2 cm³/mol. The molecule has 0 heterocycles. The summed E-state index contributed by atoms with van der Waals surface area (Å²) in [7, 11) is 3.51. The summed E-state index contributed by atoms with van der Waals surface area (Å²) in [4.78, 5) is 13.7. The number of carbonyl (C=O) groups excluding carboxylic acids is 1. The highest BCUT2D eigenvalue weighted by molar-refractivity contribution is 5.76. The van der Waals surface area contributed by atoms with E-state index >= 15 is 0 Å². The maximum atomic E-state index is 11.6. The van der Waals surface area contributed by atoms with E-state index in [9.17, 15) is 9.90 Å². The number of nitrogens with one attached hydrogen (secondary N) is 1. The molecule has 1 rings (SSSR count). The van der Waals surface area contributed by atoms with Crippen molar-refractivity contribution in [3.63, 3.8) is 0 Å². The lowest BCUT2D eigenvalue weighted by Crippen LogP contribution is -2.30. The Balaban J connectivity index is 2.31. The number of benzene rings is 1. The van der Waals surface area contributed by atoms with Crippen molar-refractivity contribution in [1.82, 2.24) is 10.2 Å². The molecule has 1 amide bonds. The second-order valence-corrected chi connectivity index (χ2v) is 4.75. The quantitative estimate of drug-likeness (QED) is 0.755. The van der Waals surface area contributed by atoms with Crippen molar-refractivity contribution < 1.29 is 14.6 Å². The molecule has 20 heavy (non-hydrogen) atoms. The molecule has 0 saturated heterocycles. The van der Waals surface area contributed by atoms with Crippen LogP contribution >= 0.6 is 0 Å². The van der Waals surface area contributed by atoms with E-state index in [2.05, 4.69) is 17.1 Å². The largest absolute Gasteiger partial charge is 0.504 e. The molecule has 0 spiro atoms. The number of phenols is 1. The van der Waals surface area contributed by atoms with Gasteiger partial charge in [-0.15, -0.1) is 0 Å². The summed E-state index contributed by atoms with van der Waals surface area (Å²) in [6.45, 7) is 4.37. The third kappa shape index (κ3) is 5.48. The number of amides is 1. The van der Waals surface area contributed by atoms with Crippen LogP contribution in [0.25, 0.3) is 0 Å². The van der Waals surface area contributed by atoms with Gasteiger partial charge in [-0.1, -0.05) is 13.0 Å². The van der Waals surface area contributed by atoms with Gasteiger partial charge in [0.05, 0.1) is 7.11 Å². The van der Waals surface area contributed by atoms with Gasteiger partial charge in [0, 0.05) is 19.5 Å². The van der Waals surface area contributed by atoms with Gasteiger partial charge in [-0.3, -0.25) is 4.79 Å². The van der Waals surface area contributed by atoms with Crippen molar-refractivity contribution in [2.45, 2.75) is 19.8 Å². The Hall–Kier alpha value is -1.75. The van der Waals surface area contributed by atoms with Gasteiger partial charge in [0.15, 0.2) is 11.5 Å². The molecule has 0 aliphatic heterocycles. The fourth-order valence-corrected chi connectivity index (χ4v) is 1.76. The molecule has 1 aromatic carbocycles. The van der Waals surface area contributed by atoms with Crippen LogP contribution in [0.5, 0.6) is 11.5 Å². The first-order valence-corrected chi connectivity index (χ1v) is 6.88. The van der Waals surface area contributed by atoms with Crippen LogP contribution in [0.4, 0.5) is 0 Å². The van der Waals surface area contributed by atoms with E-state index in [4.69, 9.17) is 4.74 Å². The molecule has 0 bridgehead atoms. The number of ether oxygens (including phenoxy) is 1. The molecule has 2 N–H and O–H groups in total. The molecule has 1 aromatic rings. The van der Waals surface area contributed by atoms with Crippen LogP contribution in [-0.4, -0.2) is 49.7 Å². The number of rotatable bonds is 8. The molecule has 0 aliphatic rings. The summed E-state index contributed by atoms with van der Waals surface area (Å²) in [5.74, 6) is 0.650. The van der Waals surface area contributed by atoms with Crippen LogP contribution in [0.2, 0.25) is 0 Å². The molecule has 0 saturated carbocycles. The van der Waals surface area contributed by atoms with Gasteiger partial charge < -0.3 is 20.1 Å². The van der Waals surface area contributed by atoms with Crippen LogP contribution in [-0.2, 0) is 11.2 Å². The lowest BCUT2D eigenvalue weighted by molar-refractivity contribution is -0.121. The van der Waals surface area contributed by atoms with Crippen molar-refractivity contribution in [3.8, 4) is 11.5 Å². The number of hydrogen-bond donors (Lipinski definition) is 2. The highest BCUT2D eigenvalue weighted by Gasteiger charge is 2.05. The van der Waals surface area contributed by atoms with Gasteiger partial charge in [-0.25, -0.2) is 0 Å². The second-order valence-electron chi connectivity index (χ2n) is 4.75. The Kier molecular flexibility index (Phi) is 6.87. The highest BCUT2D eigenvalue weighted by Crippen LogP contribution is 2.26. The fourth-order valence-electron chi connectivity index (χ4n) is 1.76.